The molecule has 5 fully saturated rings. The average Bonchev–Trinajstić information content (AvgIpc) is 3.08. The van der Waals surface area contributed by atoms with Crippen molar-refractivity contribution >= 4 is 17.8 Å². The van der Waals surface area contributed by atoms with Crippen molar-refractivity contribution in [2.75, 3.05) is 20.1 Å². The fraction of sp³-hybridized carbons (Fsp3) is 0.857. The molecule has 4 saturated carbocycles. The highest BCUT2D eigenvalue weighted by Gasteiger charge is 2.56. The van der Waals surface area contributed by atoms with Crippen LogP contribution in [0.4, 0.5) is 0 Å². The summed E-state index contributed by atoms with van der Waals surface area (Å²) in [6.45, 7) is 1.13. The predicted molar refractivity (Wildman–Crippen MR) is 99.8 cm³/mol. The smallest absolute Gasteiger partial charge is 0.303 e. The zero-order valence-electron chi connectivity index (χ0n) is 16.4. The van der Waals surface area contributed by atoms with Crippen LogP contribution in [0.3, 0.4) is 0 Å². The largest absolute Gasteiger partial charge is 0.481 e. The molecule has 6 nitrogen and oxygen atoms in total. The number of aliphatic carboxylic acids is 1. The Balaban J connectivity index is 1.43. The Hall–Kier alpha value is -1.59. The molecule has 1 atom stereocenters. The minimum atomic E-state index is -0.838. The molecule has 1 unspecified atom stereocenters. The molecule has 0 aromatic rings. The lowest BCUT2D eigenvalue weighted by atomic mass is 9.49. The maximum Gasteiger partial charge on any atom is 0.303 e. The Labute approximate surface area is 161 Å². The SMILES string of the molecule is CN(CCCC(=O)O)C(=O)C1CCCN1C(=O)C12CC3CC(CC(C3)C1)C2. The number of likely N-dealkylation sites (tertiary alicyclic amines) is 1. The second-order valence-electron chi connectivity index (χ2n) is 9.61. The van der Waals surface area contributed by atoms with E-state index in [9.17, 15) is 14.4 Å². The molecular weight excluding hydrogens is 344 g/mol. The summed E-state index contributed by atoms with van der Waals surface area (Å²) in [7, 11) is 1.73. The van der Waals surface area contributed by atoms with Gasteiger partial charge in [0.05, 0.1) is 5.41 Å². The van der Waals surface area contributed by atoms with Crippen LogP contribution in [-0.2, 0) is 14.4 Å². The molecule has 0 spiro atoms. The van der Waals surface area contributed by atoms with E-state index in [1.807, 2.05) is 4.90 Å². The molecule has 0 radical (unpaired) electrons. The van der Waals surface area contributed by atoms with E-state index in [1.165, 1.54) is 19.3 Å². The predicted octanol–water partition coefficient (Wildman–Crippen LogP) is 2.52. The molecule has 5 aliphatic rings. The van der Waals surface area contributed by atoms with Crippen LogP contribution in [0.1, 0.15) is 64.2 Å². The molecule has 4 bridgehead atoms. The number of carbonyl (C=O) groups excluding carboxylic acids is 2. The lowest BCUT2D eigenvalue weighted by molar-refractivity contribution is -0.161. The van der Waals surface area contributed by atoms with Gasteiger partial charge in [0.1, 0.15) is 6.04 Å². The van der Waals surface area contributed by atoms with E-state index in [0.717, 1.165) is 49.9 Å². The Morgan fingerprint density at radius 2 is 1.67 bits per heavy atom. The van der Waals surface area contributed by atoms with Gasteiger partial charge < -0.3 is 14.9 Å². The zero-order valence-corrected chi connectivity index (χ0v) is 16.4. The van der Waals surface area contributed by atoms with E-state index in [2.05, 4.69) is 0 Å². The van der Waals surface area contributed by atoms with E-state index in [0.29, 0.717) is 19.5 Å². The van der Waals surface area contributed by atoms with Crippen molar-refractivity contribution in [1.29, 1.82) is 0 Å². The summed E-state index contributed by atoms with van der Waals surface area (Å²) in [4.78, 5) is 40.8. The van der Waals surface area contributed by atoms with Crippen LogP contribution in [0, 0.1) is 23.2 Å². The molecule has 150 valence electrons. The lowest BCUT2D eigenvalue weighted by Gasteiger charge is -2.56. The summed E-state index contributed by atoms with van der Waals surface area (Å²) in [5.74, 6) is 1.55. The molecule has 1 aliphatic heterocycles. The number of carbonyl (C=O) groups is 3. The molecule has 0 aromatic heterocycles. The molecule has 6 heteroatoms. The second-order valence-corrected chi connectivity index (χ2v) is 9.61. The number of likely N-dealkylation sites (N-methyl/N-ethyl adjacent to an activating group) is 1. The van der Waals surface area contributed by atoms with Crippen molar-refractivity contribution in [2.24, 2.45) is 23.2 Å². The van der Waals surface area contributed by atoms with Crippen LogP contribution in [0.15, 0.2) is 0 Å². The van der Waals surface area contributed by atoms with E-state index >= 15 is 0 Å². The summed E-state index contributed by atoms with van der Waals surface area (Å²) in [5, 5.41) is 8.79. The van der Waals surface area contributed by atoms with Gasteiger partial charge in [-0.1, -0.05) is 0 Å². The van der Waals surface area contributed by atoms with E-state index in [4.69, 9.17) is 5.11 Å². The maximum atomic E-state index is 13.6. The van der Waals surface area contributed by atoms with Gasteiger partial charge in [-0.15, -0.1) is 0 Å². The van der Waals surface area contributed by atoms with Crippen molar-refractivity contribution in [3.63, 3.8) is 0 Å². The highest BCUT2D eigenvalue weighted by molar-refractivity contribution is 5.91. The highest BCUT2D eigenvalue weighted by Crippen LogP contribution is 2.60. The molecular formula is C21H32N2O4. The van der Waals surface area contributed by atoms with E-state index in [1.54, 1.807) is 11.9 Å². The molecule has 1 heterocycles. The normalized spacial score (nSPS) is 36.9. The average molecular weight is 376 g/mol. The van der Waals surface area contributed by atoms with Crippen molar-refractivity contribution in [3.05, 3.63) is 0 Å². The van der Waals surface area contributed by atoms with E-state index < -0.39 is 5.97 Å². The van der Waals surface area contributed by atoms with Crippen LogP contribution in [-0.4, -0.2) is 58.9 Å². The summed E-state index contributed by atoms with van der Waals surface area (Å²) >= 11 is 0. The Kier molecular flexibility index (Phi) is 4.93. The second kappa shape index (κ2) is 7.10. The quantitative estimate of drug-likeness (QED) is 0.773. The monoisotopic (exact) mass is 376 g/mol. The first-order valence-corrected chi connectivity index (χ1v) is 10.7. The van der Waals surface area contributed by atoms with Crippen molar-refractivity contribution in [3.8, 4) is 0 Å². The first-order valence-electron chi connectivity index (χ1n) is 10.7. The van der Waals surface area contributed by atoms with Gasteiger partial charge in [0, 0.05) is 26.6 Å². The van der Waals surface area contributed by atoms with Crippen LogP contribution in [0.25, 0.3) is 0 Å². The van der Waals surface area contributed by atoms with Gasteiger partial charge in [0.2, 0.25) is 11.8 Å². The van der Waals surface area contributed by atoms with E-state index in [-0.39, 0.29) is 29.7 Å². The van der Waals surface area contributed by atoms with Gasteiger partial charge in [-0.05, 0) is 75.5 Å². The maximum absolute atomic E-state index is 13.6. The molecule has 1 saturated heterocycles. The minimum Gasteiger partial charge on any atom is -0.481 e. The standard InChI is InChI=1S/C21H32N2O4/c1-22(6-3-5-18(24)25)19(26)17-4-2-7-23(17)20(27)21-11-14-8-15(12-21)10-16(9-14)13-21/h14-17H,2-13H2,1H3,(H,24,25). The topological polar surface area (TPSA) is 77.9 Å². The van der Waals surface area contributed by atoms with Gasteiger partial charge in [-0.25, -0.2) is 0 Å². The lowest BCUT2D eigenvalue weighted by Crippen LogP contribution is -2.57. The highest BCUT2D eigenvalue weighted by atomic mass is 16.4. The van der Waals surface area contributed by atoms with Gasteiger partial charge in [-0.3, -0.25) is 14.4 Å². The number of rotatable bonds is 6. The fourth-order valence-electron chi connectivity index (χ4n) is 6.78. The number of carboxylic acid groups (broad SMARTS) is 1. The van der Waals surface area contributed by atoms with Crippen molar-refractivity contribution < 1.29 is 19.5 Å². The third-order valence-electron chi connectivity index (χ3n) is 7.55. The molecule has 4 aliphatic carbocycles. The minimum absolute atomic E-state index is 0.0176. The molecule has 27 heavy (non-hydrogen) atoms. The number of hydrogen-bond donors (Lipinski definition) is 1. The number of hydrogen-bond acceptors (Lipinski definition) is 3. The van der Waals surface area contributed by atoms with Crippen LogP contribution in [0.2, 0.25) is 0 Å². The summed E-state index contributed by atoms with van der Waals surface area (Å²) < 4.78 is 0. The van der Waals surface area contributed by atoms with Crippen molar-refractivity contribution in [2.45, 2.75) is 70.3 Å². The zero-order chi connectivity index (χ0) is 19.2. The summed E-state index contributed by atoms with van der Waals surface area (Å²) in [5.41, 5.74) is -0.195. The molecule has 2 amide bonds. The van der Waals surface area contributed by atoms with Crippen molar-refractivity contribution in [1.82, 2.24) is 9.80 Å². The molecule has 0 aromatic carbocycles. The first-order chi connectivity index (χ1) is 12.9. The summed E-state index contributed by atoms with van der Waals surface area (Å²) in [6, 6.07) is -0.347. The van der Waals surface area contributed by atoms with Gasteiger partial charge >= 0.3 is 5.97 Å². The molecule has 5 rings (SSSR count). The van der Waals surface area contributed by atoms with Crippen LogP contribution < -0.4 is 0 Å². The fourth-order valence-corrected chi connectivity index (χ4v) is 6.78. The molecule has 1 N–H and O–H groups in total. The third kappa shape index (κ3) is 3.47. The number of amides is 2. The van der Waals surface area contributed by atoms with Crippen LogP contribution in [0.5, 0.6) is 0 Å². The Morgan fingerprint density at radius 3 is 2.22 bits per heavy atom. The van der Waals surface area contributed by atoms with Gasteiger partial charge in [0.15, 0.2) is 0 Å². The Morgan fingerprint density at radius 1 is 1.07 bits per heavy atom. The third-order valence-corrected chi connectivity index (χ3v) is 7.55. The summed E-state index contributed by atoms with van der Waals surface area (Å²) in [6.07, 6.45) is 9.16. The van der Waals surface area contributed by atoms with Gasteiger partial charge in [0.25, 0.3) is 0 Å². The van der Waals surface area contributed by atoms with Gasteiger partial charge in [-0.2, -0.15) is 0 Å². The Bertz CT molecular complexity index is 596. The van der Waals surface area contributed by atoms with Crippen LogP contribution >= 0.6 is 0 Å². The number of carboxylic acids is 1. The number of nitrogens with zero attached hydrogens (tertiary/aromatic N) is 2. The first kappa shape index (κ1) is 18.8.